The van der Waals surface area contributed by atoms with Crippen molar-refractivity contribution in [2.75, 3.05) is 5.32 Å². The van der Waals surface area contributed by atoms with Crippen LogP contribution in [0.2, 0.25) is 0 Å². The summed E-state index contributed by atoms with van der Waals surface area (Å²) in [7, 11) is 0. The average molecular weight is 291 g/mol. The number of nitrogens with zero attached hydrogens (tertiary/aromatic N) is 2. The van der Waals surface area contributed by atoms with E-state index in [1.54, 1.807) is 0 Å². The summed E-state index contributed by atoms with van der Waals surface area (Å²) in [4.78, 5) is 0. The highest BCUT2D eigenvalue weighted by Gasteiger charge is 2.10. The number of nitrogens with one attached hydrogen (secondary N) is 1. The van der Waals surface area contributed by atoms with E-state index in [1.165, 1.54) is 12.1 Å². The maximum Gasteiger partial charge on any atom is 0.149 e. The summed E-state index contributed by atoms with van der Waals surface area (Å²) >= 11 is 0. The predicted octanol–water partition coefficient (Wildman–Crippen LogP) is 4.44. The van der Waals surface area contributed by atoms with Gasteiger partial charge in [0.1, 0.15) is 17.5 Å². The SMILES string of the molecule is CCC(C)c1ccc(N[C@@H](C)c2cc(F)cc(F)c2)nn1. The summed E-state index contributed by atoms with van der Waals surface area (Å²) in [5.74, 6) is -0.228. The third-order valence-corrected chi connectivity index (χ3v) is 3.55. The van der Waals surface area contributed by atoms with Crippen LogP contribution in [0.15, 0.2) is 30.3 Å². The normalized spacial score (nSPS) is 13.8. The van der Waals surface area contributed by atoms with Gasteiger partial charge < -0.3 is 5.32 Å². The van der Waals surface area contributed by atoms with E-state index >= 15 is 0 Å². The molecule has 1 aromatic heterocycles. The first-order chi connectivity index (χ1) is 9.99. The Hall–Kier alpha value is -2.04. The molecule has 1 N–H and O–H groups in total. The topological polar surface area (TPSA) is 37.8 Å². The zero-order valence-electron chi connectivity index (χ0n) is 12.4. The first kappa shape index (κ1) is 15.4. The van der Waals surface area contributed by atoms with Gasteiger partial charge in [-0.05, 0) is 49.1 Å². The Morgan fingerprint density at radius 3 is 2.24 bits per heavy atom. The van der Waals surface area contributed by atoms with Crippen LogP contribution < -0.4 is 5.32 Å². The standard InChI is InChI=1S/C16H19F2N3/c1-4-10(2)15-5-6-16(21-20-15)19-11(3)12-7-13(17)9-14(18)8-12/h5-11H,4H2,1-3H3,(H,19,21)/t10?,11-/m0/s1. The van der Waals surface area contributed by atoms with Gasteiger partial charge in [-0.15, -0.1) is 5.10 Å². The fourth-order valence-corrected chi connectivity index (χ4v) is 2.02. The lowest BCUT2D eigenvalue weighted by Crippen LogP contribution is -2.10. The molecule has 2 rings (SSSR count). The Bertz CT molecular complexity index is 579. The van der Waals surface area contributed by atoms with Crippen LogP contribution in [0.1, 0.15) is 50.4 Å². The van der Waals surface area contributed by atoms with Crippen LogP contribution in [0.4, 0.5) is 14.6 Å². The van der Waals surface area contributed by atoms with E-state index in [-0.39, 0.29) is 6.04 Å². The van der Waals surface area contributed by atoms with E-state index in [1.807, 2.05) is 19.1 Å². The molecule has 0 aliphatic heterocycles. The van der Waals surface area contributed by atoms with Gasteiger partial charge >= 0.3 is 0 Å². The van der Waals surface area contributed by atoms with Gasteiger partial charge in [-0.2, -0.15) is 5.10 Å². The quantitative estimate of drug-likeness (QED) is 0.885. The summed E-state index contributed by atoms with van der Waals surface area (Å²) in [6, 6.07) is 6.96. The van der Waals surface area contributed by atoms with Crippen LogP contribution in [0.5, 0.6) is 0 Å². The summed E-state index contributed by atoms with van der Waals surface area (Å²) < 4.78 is 26.4. The van der Waals surface area contributed by atoms with Gasteiger partial charge in [0.05, 0.1) is 11.7 Å². The van der Waals surface area contributed by atoms with Crippen LogP contribution in [0.3, 0.4) is 0 Å². The molecule has 0 saturated heterocycles. The molecule has 0 aliphatic carbocycles. The lowest BCUT2D eigenvalue weighted by Gasteiger charge is -2.15. The molecule has 0 fully saturated rings. The van der Waals surface area contributed by atoms with Crippen molar-refractivity contribution in [2.24, 2.45) is 0 Å². The third kappa shape index (κ3) is 3.97. The molecular weight excluding hydrogens is 272 g/mol. The van der Waals surface area contributed by atoms with Gasteiger partial charge in [0.25, 0.3) is 0 Å². The molecule has 5 heteroatoms. The molecule has 0 radical (unpaired) electrons. The van der Waals surface area contributed by atoms with Crippen molar-refractivity contribution in [3.8, 4) is 0 Å². The Kier molecular flexibility index (Phi) is 4.83. The second kappa shape index (κ2) is 6.61. The van der Waals surface area contributed by atoms with Gasteiger partial charge in [0.15, 0.2) is 0 Å². The number of benzene rings is 1. The second-order valence-corrected chi connectivity index (χ2v) is 5.22. The van der Waals surface area contributed by atoms with Gasteiger partial charge in [0.2, 0.25) is 0 Å². The molecule has 0 saturated carbocycles. The fraction of sp³-hybridized carbons (Fsp3) is 0.375. The van der Waals surface area contributed by atoms with Gasteiger partial charge in [0, 0.05) is 6.07 Å². The highest BCUT2D eigenvalue weighted by molar-refractivity contribution is 5.37. The first-order valence-electron chi connectivity index (χ1n) is 7.05. The maximum absolute atomic E-state index is 13.2. The van der Waals surface area contributed by atoms with Crippen molar-refractivity contribution >= 4 is 5.82 Å². The number of hydrogen-bond donors (Lipinski definition) is 1. The number of hydrogen-bond acceptors (Lipinski definition) is 3. The van der Waals surface area contributed by atoms with E-state index in [4.69, 9.17) is 0 Å². The average Bonchev–Trinajstić information content (AvgIpc) is 2.46. The predicted molar refractivity (Wildman–Crippen MR) is 79.1 cm³/mol. The van der Waals surface area contributed by atoms with Crippen LogP contribution in [0, 0.1) is 11.6 Å². The van der Waals surface area contributed by atoms with E-state index in [0.717, 1.165) is 18.2 Å². The van der Waals surface area contributed by atoms with Crippen molar-refractivity contribution in [3.05, 3.63) is 53.2 Å². The largest absolute Gasteiger partial charge is 0.362 e. The van der Waals surface area contributed by atoms with Crippen molar-refractivity contribution < 1.29 is 8.78 Å². The van der Waals surface area contributed by atoms with Crippen molar-refractivity contribution in [3.63, 3.8) is 0 Å². The molecule has 2 aromatic rings. The number of halogens is 2. The highest BCUT2D eigenvalue weighted by Crippen LogP contribution is 2.21. The zero-order valence-corrected chi connectivity index (χ0v) is 12.4. The second-order valence-electron chi connectivity index (χ2n) is 5.22. The number of aromatic nitrogens is 2. The Labute approximate surface area is 123 Å². The van der Waals surface area contributed by atoms with Gasteiger partial charge in [-0.1, -0.05) is 13.8 Å². The van der Waals surface area contributed by atoms with Crippen molar-refractivity contribution in [1.29, 1.82) is 0 Å². The van der Waals surface area contributed by atoms with Crippen LogP contribution in [0.25, 0.3) is 0 Å². The van der Waals surface area contributed by atoms with Crippen LogP contribution in [-0.2, 0) is 0 Å². The molecule has 1 heterocycles. The minimum Gasteiger partial charge on any atom is -0.362 e. The van der Waals surface area contributed by atoms with Gasteiger partial charge in [-0.25, -0.2) is 8.78 Å². The molecular formula is C16H19F2N3. The van der Waals surface area contributed by atoms with Crippen molar-refractivity contribution in [2.45, 2.75) is 39.2 Å². The first-order valence-corrected chi connectivity index (χ1v) is 7.05. The lowest BCUT2D eigenvalue weighted by atomic mass is 10.1. The minimum atomic E-state index is -0.586. The zero-order chi connectivity index (χ0) is 15.4. The van der Waals surface area contributed by atoms with E-state index in [0.29, 0.717) is 17.3 Å². The number of rotatable bonds is 5. The van der Waals surface area contributed by atoms with Crippen LogP contribution in [-0.4, -0.2) is 10.2 Å². The summed E-state index contributed by atoms with van der Waals surface area (Å²) in [5, 5.41) is 11.4. The molecule has 2 atom stereocenters. The Morgan fingerprint density at radius 1 is 1.05 bits per heavy atom. The Balaban J connectivity index is 2.10. The lowest BCUT2D eigenvalue weighted by molar-refractivity contribution is 0.577. The molecule has 112 valence electrons. The van der Waals surface area contributed by atoms with Crippen LogP contribution >= 0.6 is 0 Å². The monoisotopic (exact) mass is 291 g/mol. The van der Waals surface area contributed by atoms with E-state index in [2.05, 4.69) is 29.4 Å². The number of anilines is 1. The summed E-state index contributed by atoms with van der Waals surface area (Å²) in [6.45, 7) is 6.01. The van der Waals surface area contributed by atoms with E-state index < -0.39 is 11.6 Å². The van der Waals surface area contributed by atoms with E-state index in [9.17, 15) is 8.78 Å². The smallest absolute Gasteiger partial charge is 0.149 e. The molecule has 1 unspecified atom stereocenters. The molecule has 0 bridgehead atoms. The molecule has 3 nitrogen and oxygen atoms in total. The maximum atomic E-state index is 13.2. The minimum absolute atomic E-state index is 0.265. The molecule has 1 aromatic carbocycles. The molecule has 0 spiro atoms. The molecule has 0 aliphatic rings. The summed E-state index contributed by atoms with van der Waals surface area (Å²) in [6.07, 6.45) is 1.00. The fourth-order valence-electron chi connectivity index (χ4n) is 2.02. The van der Waals surface area contributed by atoms with Crippen molar-refractivity contribution in [1.82, 2.24) is 10.2 Å². The summed E-state index contributed by atoms with van der Waals surface area (Å²) in [5.41, 5.74) is 1.47. The highest BCUT2D eigenvalue weighted by atomic mass is 19.1. The molecule has 21 heavy (non-hydrogen) atoms. The third-order valence-electron chi connectivity index (χ3n) is 3.55. The van der Waals surface area contributed by atoms with Gasteiger partial charge in [-0.3, -0.25) is 0 Å². The molecule has 0 amide bonds. The Morgan fingerprint density at radius 2 is 1.71 bits per heavy atom.